The molecule has 0 aliphatic carbocycles. The van der Waals surface area contributed by atoms with Gasteiger partial charge >= 0.3 is 0 Å². The Balaban J connectivity index is 1.68. The summed E-state index contributed by atoms with van der Waals surface area (Å²) in [7, 11) is -3.55. The van der Waals surface area contributed by atoms with Gasteiger partial charge in [0.15, 0.2) is 0 Å². The van der Waals surface area contributed by atoms with Gasteiger partial charge in [0, 0.05) is 18.7 Å². The van der Waals surface area contributed by atoms with Gasteiger partial charge in [0.05, 0.1) is 4.90 Å². The summed E-state index contributed by atoms with van der Waals surface area (Å²) in [6, 6.07) is 12.8. The van der Waals surface area contributed by atoms with E-state index in [4.69, 9.17) is 0 Å². The molecule has 2 aromatic rings. The third kappa shape index (κ3) is 3.83. The fourth-order valence-electron chi connectivity index (χ4n) is 2.81. The van der Waals surface area contributed by atoms with Crippen molar-refractivity contribution in [3.05, 3.63) is 59.2 Å². The average molecular weight is 344 g/mol. The van der Waals surface area contributed by atoms with Gasteiger partial charge in [-0.15, -0.1) is 0 Å². The molecule has 1 amide bonds. The molecule has 1 aliphatic rings. The lowest BCUT2D eigenvalue weighted by Crippen LogP contribution is -2.26. The van der Waals surface area contributed by atoms with Crippen LogP contribution >= 0.6 is 0 Å². The molecule has 0 aromatic heterocycles. The van der Waals surface area contributed by atoms with Gasteiger partial charge < -0.3 is 5.32 Å². The Morgan fingerprint density at radius 3 is 2.75 bits per heavy atom. The zero-order valence-electron chi connectivity index (χ0n) is 13.5. The molecular formula is C18H20N2O3S. The van der Waals surface area contributed by atoms with Gasteiger partial charge in [-0.2, -0.15) is 0 Å². The normalized spacial score (nSPS) is 14.1. The number of hydrogen-bond acceptors (Lipinski definition) is 3. The molecule has 5 nitrogen and oxygen atoms in total. The van der Waals surface area contributed by atoms with Crippen molar-refractivity contribution in [2.45, 2.75) is 31.1 Å². The highest BCUT2D eigenvalue weighted by atomic mass is 32.2. The van der Waals surface area contributed by atoms with Crippen LogP contribution < -0.4 is 10.0 Å². The summed E-state index contributed by atoms with van der Waals surface area (Å²) in [5.41, 5.74) is 3.82. The summed E-state index contributed by atoms with van der Waals surface area (Å²) in [6.07, 6.45) is 1.59. The number of nitrogens with one attached hydrogen (secondary N) is 2. The van der Waals surface area contributed by atoms with Crippen LogP contribution in [0.4, 0.5) is 5.69 Å². The number of carbonyl (C=O) groups is 1. The second-order valence-electron chi connectivity index (χ2n) is 6.00. The number of sulfonamides is 1. The Hall–Kier alpha value is -2.18. The molecule has 0 radical (unpaired) electrons. The number of carbonyl (C=O) groups excluding carboxylic acids is 1. The number of amides is 1. The van der Waals surface area contributed by atoms with Crippen LogP contribution in [0.25, 0.3) is 0 Å². The number of hydrogen-bond donors (Lipinski definition) is 2. The minimum Gasteiger partial charge on any atom is -0.326 e. The van der Waals surface area contributed by atoms with E-state index in [-0.39, 0.29) is 10.8 Å². The van der Waals surface area contributed by atoms with E-state index in [1.165, 1.54) is 6.07 Å². The van der Waals surface area contributed by atoms with Crippen molar-refractivity contribution in [2.24, 2.45) is 0 Å². The topological polar surface area (TPSA) is 75.3 Å². The van der Waals surface area contributed by atoms with Crippen LogP contribution in [-0.2, 0) is 27.7 Å². The molecule has 2 aromatic carbocycles. The summed E-state index contributed by atoms with van der Waals surface area (Å²) in [5, 5.41) is 2.75. The highest BCUT2D eigenvalue weighted by Gasteiger charge is 2.19. The second-order valence-corrected chi connectivity index (χ2v) is 7.77. The Labute approximate surface area is 142 Å². The highest BCUT2D eigenvalue weighted by Crippen LogP contribution is 2.25. The number of benzene rings is 2. The number of fused-ring (bicyclic) bond motifs is 1. The van der Waals surface area contributed by atoms with E-state index in [2.05, 4.69) is 16.1 Å². The molecule has 1 heterocycles. The largest absolute Gasteiger partial charge is 0.326 e. The predicted octanol–water partition coefficient (Wildman–Crippen LogP) is 2.40. The number of anilines is 1. The zero-order chi connectivity index (χ0) is 17.2. The SMILES string of the molecule is Cc1cccc(CCNS(=O)(=O)c2ccc3c(c2)CCC(=O)N3)c1. The predicted molar refractivity (Wildman–Crippen MR) is 93.5 cm³/mol. The molecule has 126 valence electrons. The van der Waals surface area contributed by atoms with Crippen LogP contribution in [0.2, 0.25) is 0 Å². The molecule has 0 saturated carbocycles. The van der Waals surface area contributed by atoms with E-state index in [0.717, 1.165) is 16.7 Å². The van der Waals surface area contributed by atoms with E-state index in [1.807, 2.05) is 25.1 Å². The van der Waals surface area contributed by atoms with E-state index in [9.17, 15) is 13.2 Å². The molecule has 6 heteroatoms. The maximum absolute atomic E-state index is 12.4. The number of rotatable bonds is 5. The molecule has 0 saturated heterocycles. The van der Waals surface area contributed by atoms with Gasteiger partial charge in [-0.05, 0) is 49.1 Å². The van der Waals surface area contributed by atoms with Crippen molar-refractivity contribution in [1.29, 1.82) is 0 Å². The maximum atomic E-state index is 12.4. The molecule has 2 N–H and O–H groups in total. The quantitative estimate of drug-likeness (QED) is 0.874. The van der Waals surface area contributed by atoms with Crippen LogP contribution in [0.1, 0.15) is 23.1 Å². The van der Waals surface area contributed by atoms with Crippen LogP contribution in [-0.4, -0.2) is 20.9 Å². The Morgan fingerprint density at radius 1 is 1.12 bits per heavy atom. The molecule has 1 aliphatic heterocycles. The van der Waals surface area contributed by atoms with Crippen molar-refractivity contribution in [3.8, 4) is 0 Å². The molecule has 3 rings (SSSR count). The van der Waals surface area contributed by atoms with Gasteiger partial charge in [0.25, 0.3) is 0 Å². The minimum absolute atomic E-state index is 0.0330. The first kappa shape index (κ1) is 16.7. The van der Waals surface area contributed by atoms with Crippen molar-refractivity contribution >= 4 is 21.6 Å². The smallest absolute Gasteiger partial charge is 0.240 e. The Morgan fingerprint density at radius 2 is 1.96 bits per heavy atom. The second kappa shape index (κ2) is 6.75. The molecule has 24 heavy (non-hydrogen) atoms. The van der Waals surface area contributed by atoms with Crippen molar-refractivity contribution < 1.29 is 13.2 Å². The molecule has 0 fully saturated rings. The fraction of sp³-hybridized carbons (Fsp3) is 0.278. The van der Waals surface area contributed by atoms with Crippen molar-refractivity contribution in [3.63, 3.8) is 0 Å². The molecule has 0 atom stereocenters. The first-order valence-electron chi connectivity index (χ1n) is 7.92. The lowest BCUT2D eigenvalue weighted by Gasteiger charge is -2.17. The first-order chi connectivity index (χ1) is 11.4. The van der Waals surface area contributed by atoms with Crippen molar-refractivity contribution in [2.75, 3.05) is 11.9 Å². The Bertz CT molecular complexity index is 876. The standard InChI is InChI=1S/C18H20N2O3S/c1-13-3-2-4-14(11-13)9-10-19-24(22,23)16-6-7-17-15(12-16)5-8-18(21)20-17/h2-4,6-7,11-12,19H,5,8-10H2,1H3,(H,20,21). The van der Waals surface area contributed by atoms with E-state index in [1.54, 1.807) is 12.1 Å². The molecule has 0 unspecified atom stereocenters. The third-order valence-corrected chi connectivity index (χ3v) is 5.53. The van der Waals surface area contributed by atoms with Gasteiger partial charge in [0.2, 0.25) is 15.9 Å². The van der Waals surface area contributed by atoms with Gasteiger partial charge in [-0.25, -0.2) is 13.1 Å². The van der Waals surface area contributed by atoms with Gasteiger partial charge in [-0.3, -0.25) is 4.79 Å². The lowest BCUT2D eigenvalue weighted by molar-refractivity contribution is -0.116. The summed E-state index contributed by atoms with van der Waals surface area (Å²) in [4.78, 5) is 11.6. The summed E-state index contributed by atoms with van der Waals surface area (Å²) in [6.45, 7) is 2.36. The summed E-state index contributed by atoms with van der Waals surface area (Å²) >= 11 is 0. The first-order valence-corrected chi connectivity index (χ1v) is 9.40. The monoisotopic (exact) mass is 344 g/mol. The fourth-order valence-corrected chi connectivity index (χ4v) is 3.89. The van der Waals surface area contributed by atoms with Crippen LogP contribution in [0.15, 0.2) is 47.4 Å². The summed E-state index contributed by atoms with van der Waals surface area (Å²) in [5.74, 6) is -0.0330. The van der Waals surface area contributed by atoms with E-state index < -0.39 is 10.0 Å². The maximum Gasteiger partial charge on any atom is 0.240 e. The van der Waals surface area contributed by atoms with E-state index >= 15 is 0 Å². The Kier molecular flexibility index (Phi) is 4.69. The van der Waals surface area contributed by atoms with Gasteiger partial charge in [-0.1, -0.05) is 29.8 Å². The molecular weight excluding hydrogens is 324 g/mol. The van der Waals surface area contributed by atoms with E-state index in [0.29, 0.717) is 31.5 Å². The van der Waals surface area contributed by atoms with Crippen molar-refractivity contribution in [1.82, 2.24) is 4.72 Å². The molecule has 0 spiro atoms. The lowest BCUT2D eigenvalue weighted by atomic mass is 10.0. The van der Waals surface area contributed by atoms with Gasteiger partial charge in [0.1, 0.15) is 0 Å². The highest BCUT2D eigenvalue weighted by molar-refractivity contribution is 7.89. The molecule has 0 bridgehead atoms. The zero-order valence-corrected chi connectivity index (χ0v) is 14.3. The minimum atomic E-state index is -3.55. The van der Waals surface area contributed by atoms with Crippen LogP contribution in [0.3, 0.4) is 0 Å². The van der Waals surface area contributed by atoms with Crippen LogP contribution in [0, 0.1) is 6.92 Å². The summed E-state index contributed by atoms with van der Waals surface area (Å²) < 4.78 is 27.5. The average Bonchev–Trinajstić information content (AvgIpc) is 2.54. The number of aryl methyl sites for hydroxylation is 2. The van der Waals surface area contributed by atoms with Crippen LogP contribution in [0.5, 0.6) is 0 Å². The third-order valence-electron chi connectivity index (χ3n) is 4.07.